The SMILES string of the molecule is CCOC(=O)[C@H](Br)[N+](=O)[O-]. The van der Waals surface area contributed by atoms with Gasteiger partial charge in [-0.2, -0.15) is 0 Å². The summed E-state index contributed by atoms with van der Waals surface area (Å²) in [6.45, 7) is 1.73. The molecule has 5 nitrogen and oxygen atoms in total. The maximum absolute atomic E-state index is 10.5. The van der Waals surface area contributed by atoms with Gasteiger partial charge in [0.05, 0.1) is 6.61 Å². The summed E-state index contributed by atoms with van der Waals surface area (Å²) in [6, 6.07) is 0. The van der Waals surface area contributed by atoms with Gasteiger partial charge in [0.25, 0.3) is 0 Å². The van der Waals surface area contributed by atoms with Crippen LogP contribution in [0.4, 0.5) is 0 Å². The van der Waals surface area contributed by atoms with Gasteiger partial charge < -0.3 is 4.74 Å². The molecule has 0 fully saturated rings. The fraction of sp³-hybridized carbons (Fsp3) is 0.750. The van der Waals surface area contributed by atoms with E-state index in [1.165, 1.54) is 0 Å². The number of carbonyl (C=O) groups is 1. The summed E-state index contributed by atoms with van der Waals surface area (Å²) in [5.41, 5.74) is 0. The van der Waals surface area contributed by atoms with Gasteiger partial charge in [0, 0.05) is 20.9 Å². The van der Waals surface area contributed by atoms with Crippen molar-refractivity contribution in [3.8, 4) is 0 Å². The zero-order valence-electron chi connectivity index (χ0n) is 5.24. The van der Waals surface area contributed by atoms with Crippen molar-refractivity contribution in [1.29, 1.82) is 0 Å². The molecule has 6 heteroatoms. The van der Waals surface area contributed by atoms with Crippen molar-refractivity contribution in [2.24, 2.45) is 0 Å². The molecule has 0 aliphatic rings. The smallest absolute Gasteiger partial charge is 0.393 e. The molecule has 0 rings (SSSR count). The second-order valence-electron chi connectivity index (χ2n) is 1.37. The number of halogens is 1. The van der Waals surface area contributed by atoms with Crippen molar-refractivity contribution >= 4 is 21.9 Å². The van der Waals surface area contributed by atoms with Gasteiger partial charge in [-0.25, -0.2) is 4.79 Å². The molecule has 1 atom stereocenters. The van der Waals surface area contributed by atoms with Gasteiger partial charge in [0.1, 0.15) is 0 Å². The first kappa shape index (κ1) is 9.35. The van der Waals surface area contributed by atoms with Crippen molar-refractivity contribution in [1.82, 2.24) is 0 Å². The molecule has 0 saturated heterocycles. The van der Waals surface area contributed by atoms with Gasteiger partial charge >= 0.3 is 10.9 Å². The average Bonchev–Trinajstić information content (AvgIpc) is 1.87. The van der Waals surface area contributed by atoms with Crippen LogP contribution in [0.25, 0.3) is 0 Å². The molecular weight excluding hydrogens is 206 g/mol. The van der Waals surface area contributed by atoms with Crippen molar-refractivity contribution in [3.05, 3.63) is 10.1 Å². The lowest BCUT2D eigenvalue weighted by atomic mass is 10.7. The molecule has 0 aliphatic carbocycles. The fourth-order valence-electron chi connectivity index (χ4n) is 0.297. The van der Waals surface area contributed by atoms with Crippen molar-refractivity contribution in [2.75, 3.05) is 6.61 Å². The highest BCUT2D eigenvalue weighted by atomic mass is 79.9. The number of alkyl halides is 1. The number of esters is 1. The number of nitrogens with zero attached hydrogens (tertiary/aromatic N) is 1. The summed E-state index contributed by atoms with van der Waals surface area (Å²) in [5, 5.41) is 9.87. The third kappa shape index (κ3) is 2.77. The average molecular weight is 212 g/mol. The van der Waals surface area contributed by atoms with Crippen LogP contribution in [-0.4, -0.2) is 22.5 Å². The van der Waals surface area contributed by atoms with E-state index in [0.717, 1.165) is 0 Å². The highest BCUT2D eigenvalue weighted by molar-refractivity contribution is 9.09. The molecule has 10 heavy (non-hydrogen) atoms. The Morgan fingerprint density at radius 2 is 2.40 bits per heavy atom. The Balaban J connectivity index is 3.82. The Kier molecular flexibility index (Phi) is 3.94. The number of hydrogen-bond acceptors (Lipinski definition) is 4. The summed E-state index contributed by atoms with van der Waals surface area (Å²) in [7, 11) is 0. The van der Waals surface area contributed by atoms with E-state index in [-0.39, 0.29) is 6.61 Å². The summed E-state index contributed by atoms with van der Waals surface area (Å²) in [6.07, 6.45) is 0. The normalized spacial score (nSPS) is 12.2. The summed E-state index contributed by atoms with van der Waals surface area (Å²) < 4.78 is 4.34. The van der Waals surface area contributed by atoms with Crippen LogP contribution in [0.1, 0.15) is 6.92 Å². The Bertz CT molecular complexity index is 148. The van der Waals surface area contributed by atoms with Gasteiger partial charge in [-0.15, -0.1) is 0 Å². The van der Waals surface area contributed by atoms with Gasteiger partial charge in [-0.3, -0.25) is 10.1 Å². The molecule has 58 valence electrons. The first-order valence-corrected chi connectivity index (χ1v) is 3.45. The third-order valence-electron chi connectivity index (χ3n) is 0.666. The van der Waals surface area contributed by atoms with Gasteiger partial charge in [-0.05, 0) is 6.92 Å². The molecule has 0 unspecified atom stereocenters. The first-order valence-electron chi connectivity index (χ1n) is 2.53. The molecule has 0 aromatic heterocycles. The highest BCUT2D eigenvalue weighted by Crippen LogP contribution is 2.01. The Hall–Kier alpha value is -0.650. The summed E-state index contributed by atoms with van der Waals surface area (Å²) in [5.74, 6) is -0.868. The lowest BCUT2D eigenvalue weighted by molar-refractivity contribution is -0.482. The lowest BCUT2D eigenvalue weighted by Crippen LogP contribution is -2.25. The number of ether oxygens (including phenoxy) is 1. The topological polar surface area (TPSA) is 69.4 Å². The van der Waals surface area contributed by atoms with Crippen LogP contribution in [0.15, 0.2) is 0 Å². The Morgan fingerprint density at radius 1 is 1.90 bits per heavy atom. The molecule has 0 aromatic rings. The standard InChI is InChI=1S/C4H6BrNO4/c1-2-10-4(7)3(5)6(8)9/h3H,2H2,1H3/t3-/m1/s1. The van der Waals surface area contributed by atoms with E-state index >= 15 is 0 Å². The van der Waals surface area contributed by atoms with Gasteiger partial charge in [0.2, 0.25) is 0 Å². The number of hydrogen-bond donors (Lipinski definition) is 0. The maximum atomic E-state index is 10.5. The van der Waals surface area contributed by atoms with Gasteiger partial charge in [0.15, 0.2) is 0 Å². The molecule has 0 bridgehead atoms. The molecule has 0 aliphatic heterocycles. The summed E-state index contributed by atoms with van der Waals surface area (Å²) >= 11 is 2.53. The predicted octanol–water partition coefficient (Wildman–Crippen LogP) is 0.547. The fourth-order valence-corrected chi connectivity index (χ4v) is 0.429. The van der Waals surface area contributed by atoms with Crippen LogP contribution in [0.5, 0.6) is 0 Å². The van der Waals surface area contributed by atoms with Crippen LogP contribution in [0.2, 0.25) is 0 Å². The minimum absolute atomic E-state index is 0.148. The lowest BCUT2D eigenvalue weighted by Gasteiger charge is -1.99. The van der Waals surface area contributed by atoms with E-state index in [0.29, 0.717) is 0 Å². The minimum Gasteiger partial charge on any atom is -0.460 e. The molecule has 0 amide bonds. The quantitative estimate of drug-likeness (QED) is 0.225. The van der Waals surface area contributed by atoms with E-state index in [2.05, 4.69) is 20.7 Å². The number of carbonyl (C=O) groups excluding carboxylic acids is 1. The highest BCUT2D eigenvalue weighted by Gasteiger charge is 2.26. The van der Waals surface area contributed by atoms with Crippen molar-refractivity contribution < 1.29 is 14.5 Å². The minimum atomic E-state index is -1.44. The third-order valence-corrected chi connectivity index (χ3v) is 1.37. The summed E-state index contributed by atoms with van der Waals surface area (Å²) in [4.78, 5) is 18.1. The van der Waals surface area contributed by atoms with E-state index < -0.39 is 15.8 Å². The van der Waals surface area contributed by atoms with E-state index in [1.807, 2.05) is 0 Å². The van der Waals surface area contributed by atoms with Crippen molar-refractivity contribution in [2.45, 2.75) is 11.9 Å². The van der Waals surface area contributed by atoms with Crippen molar-refractivity contribution in [3.63, 3.8) is 0 Å². The van der Waals surface area contributed by atoms with Crippen LogP contribution in [0.3, 0.4) is 0 Å². The molecule has 0 saturated carbocycles. The van der Waals surface area contributed by atoms with Crippen LogP contribution >= 0.6 is 15.9 Å². The van der Waals surface area contributed by atoms with Crippen LogP contribution < -0.4 is 0 Å². The molecule has 0 spiro atoms. The molecule has 0 radical (unpaired) electrons. The van der Waals surface area contributed by atoms with E-state index in [4.69, 9.17) is 0 Å². The monoisotopic (exact) mass is 211 g/mol. The second kappa shape index (κ2) is 4.21. The predicted molar refractivity (Wildman–Crippen MR) is 36.3 cm³/mol. The first-order chi connectivity index (χ1) is 4.59. The second-order valence-corrected chi connectivity index (χ2v) is 2.24. The largest absolute Gasteiger partial charge is 0.460 e. The van der Waals surface area contributed by atoms with Gasteiger partial charge in [-0.1, -0.05) is 0 Å². The zero-order valence-corrected chi connectivity index (χ0v) is 6.83. The Morgan fingerprint density at radius 3 is 2.70 bits per heavy atom. The zero-order chi connectivity index (χ0) is 8.15. The molecule has 0 heterocycles. The van der Waals surface area contributed by atoms with Crippen LogP contribution in [-0.2, 0) is 9.53 Å². The van der Waals surface area contributed by atoms with E-state index in [9.17, 15) is 14.9 Å². The molecule has 0 N–H and O–H groups in total. The maximum Gasteiger partial charge on any atom is 0.393 e. The molecule has 0 aromatic carbocycles. The van der Waals surface area contributed by atoms with E-state index in [1.54, 1.807) is 6.92 Å². The Labute approximate surface area is 65.6 Å². The van der Waals surface area contributed by atoms with Crippen LogP contribution in [0, 0.1) is 10.1 Å². The number of rotatable bonds is 3. The number of nitro groups is 1. The molecular formula is C4H6BrNO4.